The second-order valence-electron chi connectivity index (χ2n) is 5.54. The fourth-order valence-corrected chi connectivity index (χ4v) is 3.06. The van der Waals surface area contributed by atoms with E-state index in [0.717, 1.165) is 29.7 Å². The Morgan fingerprint density at radius 3 is 2.86 bits per heavy atom. The molecule has 0 saturated heterocycles. The third-order valence-electron chi connectivity index (χ3n) is 4.13. The minimum Gasteiger partial charge on any atom is -0.496 e. The summed E-state index contributed by atoms with van der Waals surface area (Å²) in [5.41, 5.74) is 3.92. The second-order valence-corrected chi connectivity index (χ2v) is 5.54. The molecule has 0 aliphatic heterocycles. The zero-order valence-electron chi connectivity index (χ0n) is 12.6. The molecule has 1 atom stereocenters. The molecule has 1 aliphatic rings. The van der Waals surface area contributed by atoms with E-state index in [0.29, 0.717) is 5.69 Å². The van der Waals surface area contributed by atoms with E-state index in [1.165, 1.54) is 5.56 Å². The van der Waals surface area contributed by atoms with Gasteiger partial charge in [-0.3, -0.25) is 10.1 Å². The minimum absolute atomic E-state index is 0.0755. The number of ether oxygens (including phenoxy) is 1. The van der Waals surface area contributed by atoms with Crippen LogP contribution in [0.15, 0.2) is 36.4 Å². The number of fused-ring (bicyclic) bond motifs is 1. The summed E-state index contributed by atoms with van der Waals surface area (Å²) in [6.07, 6.45) is 1.82. The minimum atomic E-state index is -0.337. The molecule has 0 heterocycles. The highest BCUT2D eigenvalue weighted by atomic mass is 16.6. The van der Waals surface area contributed by atoms with Crippen molar-refractivity contribution in [2.24, 2.45) is 0 Å². The number of hydrogen-bond acceptors (Lipinski definition) is 4. The van der Waals surface area contributed by atoms with Crippen LogP contribution in [0.3, 0.4) is 0 Å². The van der Waals surface area contributed by atoms with Crippen molar-refractivity contribution in [3.63, 3.8) is 0 Å². The molecule has 114 valence electrons. The first kappa shape index (κ1) is 14.4. The molecular formula is C17H18N2O3. The van der Waals surface area contributed by atoms with Gasteiger partial charge in [-0.15, -0.1) is 0 Å². The van der Waals surface area contributed by atoms with Crippen LogP contribution in [0.1, 0.15) is 29.2 Å². The predicted octanol–water partition coefficient (Wildman–Crippen LogP) is 4.01. The lowest BCUT2D eigenvalue weighted by molar-refractivity contribution is -0.384. The van der Waals surface area contributed by atoms with Crippen LogP contribution in [0.4, 0.5) is 11.4 Å². The monoisotopic (exact) mass is 298 g/mol. The molecule has 0 bridgehead atoms. The number of nitro benzene ring substituents is 1. The van der Waals surface area contributed by atoms with Crippen LogP contribution in [0.5, 0.6) is 5.75 Å². The van der Waals surface area contributed by atoms with Gasteiger partial charge >= 0.3 is 0 Å². The average molecular weight is 298 g/mol. The highest BCUT2D eigenvalue weighted by Crippen LogP contribution is 2.40. The molecule has 0 radical (unpaired) electrons. The molecule has 0 fully saturated rings. The summed E-state index contributed by atoms with van der Waals surface area (Å²) in [5.74, 6) is 0.889. The summed E-state index contributed by atoms with van der Waals surface area (Å²) in [6.45, 7) is 1.85. The van der Waals surface area contributed by atoms with Gasteiger partial charge in [0.1, 0.15) is 11.4 Å². The van der Waals surface area contributed by atoms with Gasteiger partial charge in [0.15, 0.2) is 0 Å². The Hall–Kier alpha value is -2.56. The molecule has 5 nitrogen and oxygen atoms in total. The van der Waals surface area contributed by atoms with Gasteiger partial charge in [0.2, 0.25) is 0 Å². The van der Waals surface area contributed by atoms with Crippen LogP contribution in [0.25, 0.3) is 0 Å². The van der Waals surface area contributed by atoms with E-state index in [1.807, 2.05) is 25.1 Å². The molecule has 0 spiro atoms. The number of nitrogens with zero attached hydrogens (tertiary/aromatic N) is 1. The van der Waals surface area contributed by atoms with E-state index in [-0.39, 0.29) is 16.7 Å². The molecule has 0 amide bonds. The standard InChI is InChI=1S/C17H18N2O3/c1-11-6-8-15(16(10-11)19(20)21)18-14-9-7-13-12(14)4-3-5-17(13)22-2/h3-6,8,10,14,18H,7,9H2,1-2H3. The quantitative estimate of drug-likeness (QED) is 0.684. The molecule has 1 unspecified atom stereocenters. The summed E-state index contributed by atoms with van der Waals surface area (Å²) in [6, 6.07) is 11.3. The molecule has 1 aliphatic carbocycles. The summed E-state index contributed by atoms with van der Waals surface area (Å²) >= 11 is 0. The number of hydrogen-bond donors (Lipinski definition) is 1. The van der Waals surface area contributed by atoms with Crippen LogP contribution in [-0.2, 0) is 6.42 Å². The Morgan fingerprint density at radius 2 is 2.14 bits per heavy atom. The number of methoxy groups -OCH3 is 1. The predicted molar refractivity (Wildman–Crippen MR) is 85.5 cm³/mol. The van der Waals surface area contributed by atoms with E-state index in [2.05, 4.69) is 11.4 Å². The van der Waals surface area contributed by atoms with E-state index in [1.54, 1.807) is 19.2 Å². The van der Waals surface area contributed by atoms with Crippen molar-refractivity contribution in [3.8, 4) is 5.75 Å². The van der Waals surface area contributed by atoms with E-state index in [4.69, 9.17) is 4.74 Å². The average Bonchev–Trinajstić information content (AvgIpc) is 2.92. The Morgan fingerprint density at radius 1 is 1.32 bits per heavy atom. The molecule has 22 heavy (non-hydrogen) atoms. The Balaban J connectivity index is 1.93. The smallest absolute Gasteiger partial charge is 0.292 e. The maximum Gasteiger partial charge on any atom is 0.292 e. The van der Waals surface area contributed by atoms with Crippen molar-refractivity contribution in [2.45, 2.75) is 25.8 Å². The number of anilines is 1. The van der Waals surface area contributed by atoms with Gasteiger partial charge in [-0.05, 0) is 48.6 Å². The molecule has 0 saturated carbocycles. The third-order valence-corrected chi connectivity index (χ3v) is 4.13. The first-order chi connectivity index (χ1) is 10.6. The zero-order chi connectivity index (χ0) is 15.7. The Bertz CT molecular complexity index is 728. The van der Waals surface area contributed by atoms with Gasteiger partial charge in [-0.25, -0.2) is 0 Å². The normalized spacial score (nSPS) is 16.2. The van der Waals surface area contributed by atoms with Crippen LogP contribution in [-0.4, -0.2) is 12.0 Å². The highest BCUT2D eigenvalue weighted by Gasteiger charge is 2.26. The number of nitrogens with one attached hydrogen (secondary N) is 1. The second kappa shape index (κ2) is 5.67. The van der Waals surface area contributed by atoms with Crippen molar-refractivity contribution in [2.75, 3.05) is 12.4 Å². The van der Waals surface area contributed by atoms with Crippen molar-refractivity contribution >= 4 is 11.4 Å². The van der Waals surface area contributed by atoms with Gasteiger partial charge in [-0.1, -0.05) is 18.2 Å². The lowest BCUT2D eigenvalue weighted by atomic mass is 10.1. The summed E-state index contributed by atoms with van der Waals surface area (Å²) in [4.78, 5) is 10.9. The van der Waals surface area contributed by atoms with Crippen LogP contribution in [0.2, 0.25) is 0 Å². The molecule has 0 aromatic heterocycles. The van der Waals surface area contributed by atoms with Gasteiger partial charge < -0.3 is 10.1 Å². The third kappa shape index (κ3) is 2.50. The molecule has 3 rings (SSSR count). The summed E-state index contributed by atoms with van der Waals surface area (Å²) < 4.78 is 5.40. The van der Waals surface area contributed by atoms with Gasteiger partial charge in [-0.2, -0.15) is 0 Å². The lowest BCUT2D eigenvalue weighted by Crippen LogP contribution is -2.09. The number of aryl methyl sites for hydroxylation is 1. The Kier molecular flexibility index (Phi) is 3.71. The van der Waals surface area contributed by atoms with Crippen molar-refractivity contribution in [1.82, 2.24) is 0 Å². The highest BCUT2D eigenvalue weighted by molar-refractivity contribution is 5.64. The van der Waals surface area contributed by atoms with Gasteiger partial charge in [0.25, 0.3) is 5.69 Å². The molecule has 2 aromatic carbocycles. The SMILES string of the molecule is COc1cccc2c1CCC2Nc1ccc(C)cc1[N+](=O)[O-]. The Labute approximate surface area is 129 Å². The first-order valence-corrected chi connectivity index (χ1v) is 7.27. The maximum atomic E-state index is 11.2. The van der Waals surface area contributed by atoms with Crippen molar-refractivity contribution < 1.29 is 9.66 Å². The number of benzene rings is 2. The fourth-order valence-electron chi connectivity index (χ4n) is 3.06. The van der Waals surface area contributed by atoms with Crippen LogP contribution < -0.4 is 10.1 Å². The maximum absolute atomic E-state index is 11.2. The lowest BCUT2D eigenvalue weighted by Gasteiger charge is -2.16. The van der Waals surface area contributed by atoms with Gasteiger partial charge in [0.05, 0.1) is 18.1 Å². The first-order valence-electron chi connectivity index (χ1n) is 7.27. The molecule has 1 N–H and O–H groups in total. The largest absolute Gasteiger partial charge is 0.496 e. The topological polar surface area (TPSA) is 64.4 Å². The van der Waals surface area contributed by atoms with Gasteiger partial charge in [0, 0.05) is 6.07 Å². The van der Waals surface area contributed by atoms with Crippen molar-refractivity contribution in [3.05, 3.63) is 63.2 Å². The van der Waals surface area contributed by atoms with Crippen LogP contribution in [0, 0.1) is 17.0 Å². The molecule has 5 heteroatoms. The number of rotatable bonds is 4. The van der Waals surface area contributed by atoms with Crippen LogP contribution >= 0.6 is 0 Å². The fraction of sp³-hybridized carbons (Fsp3) is 0.294. The van der Waals surface area contributed by atoms with E-state index < -0.39 is 0 Å². The summed E-state index contributed by atoms with van der Waals surface area (Å²) in [7, 11) is 1.67. The van der Waals surface area contributed by atoms with E-state index in [9.17, 15) is 10.1 Å². The van der Waals surface area contributed by atoms with Crippen molar-refractivity contribution in [1.29, 1.82) is 0 Å². The van der Waals surface area contributed by atoms with E-state index >= 15 is 0 Å². The molecule has 2 aromatic rings. The zero-order valence-corrected chi connectivity index (χ0v) is 12.6. The number of nitro groups is 1. The molecular weight excluding hydrogens is 280 g/mol. The summed E-state index contributed by atoms with van der Waals surface area (Å²) in [5, 5.41) is 14.6.